The molecular formula is C22H24N6O. The first-order valence-electron chi connectivity index (χ1n) is 9.88. The number of nitrogens with zero attached hydrogens (tertiary/aromatic N) is 3. The van der Waals surface area contributed by atoms with Gasteiger partial charge in [-0.25, -0.2) is 9.78 Å². The van der Waals surface area contributed by atoms with Crippen LogP contribution in [0.25, 0.3) is 11.0 Å². The molecule has 7 heteroatoms. The molecule has 1 saturated heterocycles. The minimum atomic E-state index is 0.0105. The van der Waals surface area contributed by atoms with Crippen molar-refractivity contribution in [2.75, 3.05) is 18.4 Å². The number of aromatic nitrogens is 2. The zero-order valence-electron chi connectivity index (χ0n) is 16.5. The molecule has 1 aliphatic heterocycles. The second-order valence-electron chi connectivity index (χ2n) is 7.32. The molecule has 0 spiro atoms. The number of imidazole rings is 1. The summed E-state index contributed by atoms with van der Waals surface area (Å²) in [5, 5.41) is 15.2. The number of urea groups is 1. The highest BCUT2D eigenvalue weighted by atomic mass is 16.2. The number of hydrogen-bond donors (Lipinski definition) is 3. The van der Waals surface area contributed by atoms with E-state index >= 15 is 0 Å². The Morgan fingerprint density at radius 3 is 2.66 bits per heavy atom. The van der Waals surface area contributed by atoms with E-state index in [0.29, 0.717) is 18.7 Å². The van der Waals surface area contributed by atoms with Crippen molar-refractivity contribution in [3.8, 4) is 6.07 Å². The average molecular weight is 388 g/mol. The minimum absolute atomic E-state index is 0.0105. The second-order valence-corrected chi connectivity index (χ2v) is 7.32. The SMILES string of the molecule is Cc1c(CNC(=O)N2CCCC2)ccc2[nH]c(CNc3ccc(C#N)cc3)nc12. The standard InChI is InChI=1S/C22H24N6O/c1-15-17(13-25-22(29)28-10-2-3-11-28)6-9-19-21(15)27-20(26-19)14-24-18-7-4-16(12-23)5-8-18/h4-9,24H,2-3,10-11,13-14H2,1H3,(H,25,29)(H,26,27). The van der Waals surface area contributed by atoms with E-state index in [1.165, 1.54) is 0 Å². The summed E-state index contributed by atoms with van der Waals surface area (Å²) in [6.07, 6.45) is 2.18. The van der Waals surface area contributed by atoms with Crippen molar-refractivity contribution < 1.29 is 4.79 Å². The number of hydrogen-bond acceptors (Lipinski definition) is 4. The predicted molar refractivity (Wildman–Crippen MR) is 112 cm³/mol. The first-order valence-corrected chi connectivity index (χ1v) is 9.88. The van der Waals surface area contributed by atoms with Crippen molar-refractivity contribution in [3.05, 3.63) is 58.9 Å². The van der Waals surface area contributed by atoms with E-state index < -0.39 is 0 Å². The van der Waals surface area contributed by atoms with E-state index in [2.05, 4.69) is 21.7 Å². The largest absolute Gasteiger partial charge is 0.378 e. The van der Waals surface area contributed by atoms with E-state index in [0.717, 1.165) is 59.6 Å². The third-order valence-corrected chi connectivity index (χ3v) is 5.37. The van der Waals surface area contributed by atoms with Crippen molar-refractivity contribution in [1.29, 1.82) is 5.26 Å². The van der Waals surface area contributed by atoms with E-state index in [1.54, 1.807) is 12.1 Å². The van der Waals surface area contributed by atoms with Gasteiger partial charge in [0.25, 0.3) is 0 Å². The van der Waals surface area contributed by atoms with Crippen molar-refractivity contribution in [3.63, 3.8) is 0 Å². The summed E-state index contributed by atoms with van der Waals surface area (Å²) >= 11 is 0. The number of amides is 2. The topological polar surface area (TPSA) is 96.8 Å². The Morgan fingerprint density at radius 2 is 1.93 bits per heavy atom. The number of aryl methyl sites for hydroxylation is 1. The summed E-state index contributed by atoms with van der Waals surface area (Å²) in [5.74, 6) is 0.839. The summed E-state index contributed by atoms with van der Waals surface area (Å²) in [6.45, 7) is 4.79. The van der Waals surface area contributed by atoms with Crippen LogP contribution in [0.4, 0.5) is 10.5 Å². The number of nitriles is 1. The molecule has 3 aromatic rings. The first-order chi connectivity index (χ1) is 14.1. The summed E-state index contributed by atoms with van der Waals surface area (Å²) in [6, 6.07) is 13.5. The number of fused-ring (bicyclic) bond motifs is 1. The van der Waals surface area contributed by atoms with Gasteiger partial charge in [0.05, 0.1) is 29.2 Å². The maximum atomic E-state index is 12.2. The van der Waals surface area contributed by atoms with Crippen LogP contribution in [0.3, 0.4) is 0 Å². The summed E-state index contributed by atoms with van der Waals surface area (Å²) in [7, 11) is 0. The molecule has 2 heterocycles. The lowest BCUT2D eigenvalue weighted by atomic mass is 10.1. The molecule has 0 bridgehead atoms. The number of carbonyl (C=O) groups is 1. The Kier molecular flexibility index (Phi) is 5.34. The number of benzene rings is 2. The van der Waals surface area contributed by atoms with Crippen LogP contribution in [0.2, 0.25) is 0 Å². The molecule has 29 heavy (non-hydrogen) atoms. The van der Waals surface area contributed by atoms with Gasteiger partial charge in [-0.1, -0.05) is 6.07 Å². The van der Waals surface area contributed by atoms with Gasteiger partial charge in [-0.05, 0) is 61.2 Å². The molecule has 148 valence electrons. The number of rotatable bonds is 5. The van der Waals surface area contributed by atoms with E-state index in [1.807, 2.05) is 36.1 Å². The lowest BCUT2D eigenvalue weighted by Gasteiger charge is -2.16. The van der Waals surface area contributed by atoms with Crippen LogP contribution in [0.1, 0.15) is 35.4 Å². The van der Waals surface area contributed by atoms with Crippen LogP contribution in [0.15, 0.2) is 36.4 Å². The van der Waals surface area contributed by atoms with Crippen LogP contribution in [0, 0.1) is 18.3 Å². The number of anilines is 1. The fourth-order valence-corrected chi connectivity index (χ4v) is 3.63. The maximum Gasteiger partial charge on any atom is 0.317 e. The quantitative estimate of drug-likeness (QED) is 0.621. The second kappa shape index (κ2) is 8.23. The van der Waals surface area contributed by atoms with E-state index in [-0.39, 0.29) is 6.03 Å². The first kappa shape index (κ1) is 18.8. The summed E-state index contributed by atoms with van der Waals surface area (Å²) in [4.78, 5) is 22.2. The molecule has 0 atom stereocenters. The molecule has 1 fully saturated rings. The number of likely N-dealkylation sites (tertiary alicyclic amines) is 1. The molecule has 3 N–H and O–H groups in total. The molecular weight excluding hydrogens is 364 g/mol. The normalized spacial score (nSPS) is 13.4. The third-order valence-electron chi connectivity index (χ3n) is 5.37. The Bertz CT molecular complexity index is 1060. The van der Waals surface area contributed by atoms with Crippen molar-refractivity contribution >= 4 is 22.8 Å². The smallest absolute Gasteiger partial charge is 0.317 e. The summed E-state index contributed by atoms with van der Waals surface area (Å²) < 4.78 is 0. The zero-order chi connectivity index (χ0) is 20.2. The molecule has 0 radical (unpaired) electrons. The van der Waals surface area contributed by atoms with Crippen LogP contribution in [0.5, 0.6) is 0 Å². The van der Waals surface area contributed by atoms with E-state index in [9.17, 15) is 4.79 Å². The van der Waals surface area contributed by atoms with Gasteiger partial charge in [0, 0.05) is 25.3 Å². The minimum Gasteiger partial charge on any atom is -0.378 e. The van der Waals surface area contributed by atoms with Gasteiger partial charge in [-0.15, -0.1) is 0 Å². The molecule has 0 aliphatic carbocycles. The Balaban J connectivity index is 1.42. The van der Waals surface area contributed by atoms with Gasteiger partial charge in [0.2, 0.25) is 0 Å². The molecule has 0 saturated carbocycles. The lowest BCUT2D eigenvalue weighted by molar-refractivity contribution is 0.208. The van der Waals surface area contributed by atoms with Crippen LogP contribution < -0.4 is 10.6 Å². The molecule has 1 aliphatic rings. The van der Waals surface area contributed by atoms with Gasteiger partial charge in [-0.3, -0.25) is 0 Å². The monoisotopic (exact) mass is 388 g/mol. The van der Waals surface area contributed by atoms with Gasteiger partial charge in [-0.2, -0.15) is 5.26 Å². The lowest BCUT2D eigenvalue weighted by Crippen LogP contribution is -2.37. The highest BCUT2D eigenvalue weighted by molar-refractivity contribution is 5.80. The Labute approximate surface area is 169 Å². The maximum absolute atomic E-state index is 12.2. The van der Waals surface area contributed by atoms with Crippen LogP contribution >= 0.6 is 0 Å². The van der Waals surface area contributed by atoms with E-state index in [4.69, 9.17) is 10.2 Å². The van der Waals surface area contributed by atoms with Gasteiger partial charge in [0.15, 0.2) is 0 Å². The highest BCUT2D eigenvalue weighted by Gasteiger charge is 2.18. The number of nitrogens with one attached hydrogen (secondary N) is 3. The van der Waals surface area contributed by atoms with Crippen LogP contribution in [-0.4, -0.2) is 34.0 Å². The number of aromatic amines is 1. The average Bonchev–Trinajstić information content (AvgIpc) is 3.42. The zero-order valence-corrected chi connectivity index (χ0v) is 16.5. The summed E-state index contributed by atoms with van der Waals surface area (Å²) in [5.41, 5.74) is 5.63. The molecule has 2 amide bonds. The number of carbonyl (C=O) groups excluding carboxylic acids is 1. The fraction of sp³-hybridized carbons (Fsp3) is 0.318. The number of H-pyrrole nitrogens is 1. The molecule has 7 nitrogen and oxygen atoms in total. The van der Waals surface area contributed by atoms with Crippen molar-refractivity contribution in [2.45, 2.75) is 32.9 Å². The van der Waals surface area contributed by atoms with Gasteiger partial charge >= 0.3 is 6.03 Å². The molecule has 0 unspecified atom stereocenters. The van der Waals surface area contributed by atoms with Crippen molar-refractivity contribution in [1.82, 2.24) is 20.2 Å². The highest BCUT2D eigenvalue weighted by Crippen LogP contribution is 2.21. The van der Waals surface area contributed by atoms with Gasteiger partial charge in [0.1, 0.15) is 5.82 Å². The Morgan fingerprint density at radius 1 is 1.17 bits per heavy atom. The molecule has 1 aromatic heterocycles. The van der Waals surface area contributed by atoms with Gasteiger partial charge < -0.3 is 20.5 Å². The molecule has 4 rings (SSSR count). The van der Waals surface area contributed by atoms with Crippen LogP contribution in [-0.2, 0) is 13.1 Å². The third kappa shape index (κ3) is 4.16. The fourth-order valence-electron chi connectivity index (χ4n) is 3.63. The predicted octanol–water partition coefficient (Wildman–Crippen LogP) is 3.66. The molecule has 2 aromatic carbocycles. The Hall–Kier alpha value is -3.53. The van der Waals surface area contributed by atoms with Crippen molar-refractivity contribution in [2.24, 2.45) is 0 Å².